The first-order valence-corrected chi connectivity index (χ1v) is 7.74. The normalized spacial score (nSPS) is 12.8. The number of carbonyl (C=O) groups is 1. The summed E-state index contributed by atoms with van der Waals surface area (Å²) in [5.74, 6) is -13.5. The van der Waals surface area contributed by atoms with Gasteiger partial charge in [-0.15, -0.1) is 0 Å². The standard InChI is InChI=1S/C19H17F5O2/c1-9-5-7-10(8-6-9)11(18(25)26-19(2,3)4)12-13(20)15(22)17(24)16(23)14(12)21/h5-8,11H,1-4H3. The van der Waals surface area contributed by atoms with E-state index in [0.717, 1.165) is 5.56 Å². The molecule has 0 spiro atoms. The smallest absolute Gasteiger partial charge is 0.318 e. The van der Waals surface area contributed by atoms with Gasteiger partial charge >= 0.3 is 5.97 Å². The van der Waals surface area contributed by atoms with E-state index in [1.807, 2.05) is 0 Å². The molecule has 140 valence electrons. The van der Waals surface area contributed by atoms with Crippen molar-refractivity contribution in [2.45, 2.75) is 39.2 Å². The fourth-order valence-corrected chi connectivity index (χ4v) is 2.42. The molecule has 0 aliphatic rings. The third kappa shape index (κ3) is 3.86. The van der Waals surface area contributed by atoms with E-state index >= 15 is 0 Å². The molecular formula is C19H17F5O2. The molecule has 0 fully saturated rings. The maximum Gasteiger partial charge on any atom is 0.318 e. The molecule has 0 heterocycles. The van der Waals surface area contributed by atoms with Gasteiger partial charge in [0.1, 0.15) is 11.5 Å². The Morgan fingerprint density at radius 2 is 1.27 bits per heavy atom. The fraction of sp³-hybridized carbons (Fsp3) is 0.316. The number of hydrogen-bond acceptors (Lipinski definition) is 2. The van der Waals surface area contributed by atoms with Crippen molar-refractivity contribution in [3.63, 3.8) is 0 Å². The fourth-order valence-electron chi connectivity index (χ4n) is 2.42. The molecule has 0 amide bonds. The maximum atomic E-state index is 14.3. The van der Waals surface area contributed by atoms with E-state index in [-0.39, 0.29) is 5.56 Å². The molecule has 2 rings (SSSR count). The number of carbonyl (C=O) groups excluding carboxylic acids is 1. The molecule has 0 aliphatic carbocycles. The number of hydrogen-bond donors (Lipinski definition) is 0. The largest absolute Gasteiger partial charge is 0.459 e. The molecule has 2 aromatic rings. The lowest BCUT2D eigenvalue weighted by molar-refractivity contribution is -0.155. The average molecular weight is 372 g/mol. The first kappa shape index (κ1) is 19.9. The van der Waals surface area contributed by atoms with Crippen molar-refractivity contribution >= 4 is 5.97 Å². The van der Waals surface area contributed by atoms with Gasteiger partial charge in [-0.25, -0.2) is 22.0 Å². The average Bonchev–Trinajstić information content (AvgIpc) is 2.54. The Hall–Kier alpha value is -2.44. The molecule has 0 bridgehead atoms. The van der Waals surface area contributed by atoms with Gasteiger partial charge in [0, 0.05) is 5.56 Å². The van der Waals surface area contributed by atoms with Gasteiger partial charge in [0.05, 0.1) is 0 Å². The Morgan fingerprint density at radius 1 is 0.846 bits per heavy atom. The second kappa shape index (κ2) is 7.05. The highest BCUT2D eigenvalue weighted by Gasteiger charge is 2.37. The van der Waals surface area contributed by atoms with Crippen LogP contribution in [0.2, 0.25) is 0 Å². The van der Waals surface area contributed by atoms with Crippen LogP contribution in [0.25, 0.3) is 0 Å². The summed E-state index contributed by atoms with van der Waals surface area (Å²) in [6, 6.07) is 5.86. The van der Waals surface area contributed by atoms with Gasteiger partial charge < -0.3 is 4.74 Å². The van der Waals surface area contributed by atoms with Gasteiger partial charge in [-0.1, -0.05) is 29.8 Å². The Bertz CT molecular complexity index is 809. The first-order valence-electron chi connectivity index (χ1n) is 7.74. The zero-order valence-electron chi connectivity index (χ0n) is 14.6. The van der Waals surface area contributed by atoms with E-state index < -0.39 is 52.1 Å². The Balaban J connectivity index is 2.73. The summed E-state index contributed by atoms with van der Waals surface area (Å²) in [7, 11) is 0. The number of halogens is 5. The molecule has 0 aromatic heterocycles. The minimum atomic E-state index is -2.28. The third-order valence-corrected chi connectivity index (χ3v) is 3.59. The molecule has 26 heavy (non-hydrogen) atoms. The van der Waals surface area contributed by atoms with Crippen molar-refractivity contribution in [3.05, 3.63) is 70.0 Å². The topological polar surface area (TPSA) is 26.3 Å². The molecule has 1 atom stereocenters. The van der Waals surface area contributed by atoms with Crippen LogP contribution < -0.4 is 0 Å². The van der Waals surface area contributed by atoms with E-state index in [2.05, 4.69) is 0 Å². The van der Waals surface area contributed by atoms with Crippen molar-refractivity contribution < 1.29 is 31.5 Å². The van der Waals surface area contributed by atoms with Gasteiger partial charge in [-0.3, -0.25) is 4.79 Å². The molecule has 7 heteroatoms. The van der Waals surface area contributed by atoms with Crippen molar-refractivity contribution in [3.8, 4) is 0 Å². The molecule has 2 aromatic carbocycles. The Kier molecular flexibility index (Phi) is 5.39. The van der Waals surface area contributed by atoms with E-state index in [4.69, 9.17) is 4.74 Å². The van der Waals surface area contributed by atoms with Crippen LogP contribution in [-0.4, -0.2) is 11.6 Å². The molecule has 0 saturated heterocycles. The molecule has 0 radical (unpaired) electrons. The van der Waals surface area contributed by atoms with Crippen molar-refractivity contribution in [2.24, 2.45) is 0 Å². The summed E-state index contributed by atoms with van der Waals surface area (Å²) in [6.45, 7) is 6.31. The van der Waals surface area contributed by atoms with Gasteiger partial charge in [-0.05, 0) is 33.3 Å². The highest BCUT2D eigenvalue weighted by Crippen LogP contribution is 2.35. The summed E-state index contributed by atoms with van der Waals surface area (Å²) in [5, 5.41) is 0. The highest BCUT2D eigenvalue weighted by atomic mass is 19.2. The van der Waals surface area contributed by atoms with Crippen molar-refractivity contribution in [1.29, 1.82) is 0 Å². The zero-order chi connectivity index (χ0) is 19.8. The van der Waals surface area contributed by atoms with Crippen LogP contribution in [0.15, 0.2) is 24.3 Å². The number of ether oxygens (including phenoxy) is 1. The predicted molar refractivity (Wildman–Crippen MR) is 85.1 cm³/mol. The van der Waals surface area contributed by atoms with E-state index in [9.17, 15) is 26.7 Å². The summed E-state index contributed by atoms with van der Waals surface area (Å²) < 4.78 is 74.3. The maximum absolute atomic E-state index is 14.3. The van der Waals surface area contributed by atoms with Crippen LogP contribution >= 0.6 is 0 Å². The summed E-state index contributed by atoms with van der Waals surface area (Å²) in [5.41, 5.74) is -1.42. The predicted octanol–water partition coefficient (Wildman–Crippen LogP) is 5.16. The SMILES string of the molecule is Cc1ccc(C(C(=O)OC(C)(C)C)c2c(F)c(F)c(F)c(F)c2F)cc1. The quantitative estimate of drug-likeness (QED) is 0.322. The second-order valence-electron chi connectivity index (χ2n) is 6.86. The zero-order valence-corrected chi connectivity index (χ0v) is 14.6. The Labute approximate surface area is 147 Å². The molecule has 0 N–H and O–H groups in total. The first-order chi connectivity index (χ1) is 11.9. The van der Waals surface area contributed by atoms with E-state index in [1.54, 1.807) is 19.1 Å². The molecule has 1 unspecified atom stereocenters. The van der Waals surface area contributed by atoms with Crippen molar-refractivity contribution in [1.82, 2.24) is 0 Å². The van der Waals surface area contributed by atoms with Crippen LogP contribution in [-0.2, 0) is 9.53 Å². The molecule has 0 saturated carbocycles. The monoisotopic (exact) mass is 372 g/mol. The minimum absolute atomic E-state index is 0.0491. The van der Waals surface area contributed by atoms with Gasteiger partial charge in [0.15, 0.2) is 23.3 Å². The van der Waals surface area contributed by atoms with Crippen LogP contribution in [0.4, 0.5) is 22.0 Å². The lowest BCUT2D eigenvalue weighted by Gasteiger charge is -2.25. The van der Waals surface area contributed by atoms with Gasteiger partial charge in [0.2, 0.25) is 5.82 Å². The number of aryl methyl sites for hydroxylation is 1. The highest BCUT2D eigenvalue weighted by molar-refractivity contribution is 5.82. The number of benzene rings is 2. The summed E-state index contributed by atoms with van der Waals surface area (Å²) >= 11 is 0. The number of rotatable bonds is 3. The van der Waals surface area contributed by atoms with Crippen LogP contribution in [0.3, 0.4) is 0 Å². The molecule has 0 aliphatic heterocycles. The third-order valence-electron chi connectivity index (χ3n) is 3.59. The molecular weight excluding hydrogens is 355 g/mol. The van der Waals surface area contributed by atoms with Crippen LogP contribution in [0.5, 0.6) is 0 Å². The van der Waals surface area contributed by atoms with E-state index in [0.29, 0.717) is 0 Å². The van der Waals surface area contributed by atoms with Crippen LogP contribution in [0.1, 0.15) is 43.4 Å². The van der Waals surface area contributed by atoms with Crippen molar-refractivity contribution in [2.75, 3.05) is 0 Å². The number of esters is 1. The second-order valence-corrected chi connectivity index (χ2v) is 6.86. The lowest BCUT2D eigenvalue weighted by atomic mass is 9.89. The van der Waals surface area contributed by atoms with Gasteiger partial charge in [0.25, 0.3) is 0 Å². The van der Waals surface area contributed by atoms with Gasteiger partial charge in [-0.2, -0.15) is 0 Å². The summed E-state index contributed by atoms with van der Waals surface area (Å²) in [6.07, 6.45) is 0. The lowest BCUT2D eigenvalue weighted by Crippen LogP contribution is -2.29. The van der Waals surface area contributed by atoms with Crippen LogP contribution in [0, 0.1) is 36.0 Å². The Morgan fingerprint density at radius 3 is 1.69 bits per heavy atom. The summed E-state index contributed by atoms with van der Waals surface area (Å²) in [4.78, 5) is 12.6. The van der Waals surface area contributed by atoms with E-state index in [1.165, 1.54) is 32.9 Å². The minimum Gasteiger partial charge on any atom is -0.459 e. The molecule has 2 nitrogen and oxygen atoms in total.